The first-order chi connectivity index (χ1) is 12.5. The van der Waals surface area contributed by atoms with Crippen molar-refractivity contribution in [2.75, 3.05) is 6.61 Å². The summed E-state index contributed by atoms with van der Waals surface area (Å²) in [6.07, 6.45) is 0.393. The van der Waals surface area contributed by atoms with Gasteiger partial charge in [-0.1, -0.05) is 41.4 Å². The summed E-state index contributed by atoms with van der Waals surface area (Å²) in [4.78, 5) is 19.6. The fraction of sp³-hybridized carbons (Fsp3) is 0.222. The van der Waals surface area contributed by atoms with Crippen LogP contribution >= 0.6 is 23.2 Å². The maximum Gasteiger partial charge on any atom is 0.315 e. The Morgan fingerprint density at radius 1 is 1.23 bits per heavy atom. The Balaban J connectivity index is 1.55. The lowest BCUT2D eigenvalue weighted by atomic mass is 10.1. The number of rotatable bonds is 6. The van der Waals surface area contributed by atoms with Gasteiger partial charge in [-0.3, -0.25) is 0 Å². The number of carbonyl (C=O) groups is 1. The molecule has 3 rings (SSSR count). The summed E-state index contributed by atoms with van der Waals surface area (Å²) in [6.45, 7) is 0.0391. The zero-order chi connectivity index (χ0) is 18.5. The predicted octanol–water partition coefficient (Wildman–Crippen LogP) is 3.27. The molecule has 0 bridgehead atoms. The zero-order valence-corrected chi connectivity index (χ0v) is 15.3. The summed E-state index contributed by atoms with van der Waals surface area (Å²) < 4.78 is 0. The summed E-state index contributed by atoms with van der Waals surface area (Å²) in [7, 11) is 0. The van der Waals surface area contributed by atoms with Crippen LogP contribution in [-0.4, -0.2) is 33.8 Å². The number of nitrogens with one attached hydrogen (secondary N) is 3. The monoisotopic (exact) mass is 392 g/mol. The van der Waals surface area contributed by atoms with Gasteiger partial charge in [0.25, 0.3) is 0 Å². The first kappa shape index (κ1) is 18.5. The van der Waals surface area contributed by atoms with Gasteiger partial charge in [0, 0.05) is 10.0 Å². The van der Waals surface area contributed by atoms with Crippen LogP contribution in [0.15, 0.2) is 42.5 Å². The van der Waals surface area contributed by atoms with E-state index < -0.39 is 12.1 Å². The summed E-state index contributed by atoms with van der Waals surface area (Å²) in [5.41, 5.74) is 2.55. The van der Waals surface area contributed by atoms with Crippen LogP contribution in [0.1, 0.15) is 11.4 Å². The number of amides is 2. The second-order valence-electron chi connectivity index (χ2n) is 5.85. The number of imidazole rings is 1. The van der Waals surface area contributed by atoms with E-state index in [0.717, 1.165) is 16.6 Å². The quantitative estimate of drug-likeness (QED) is 0.518. The third-order valence-corrected chi connectivity index (χ3v) is 4.48. The van der Waals surface area contributed by atoms with Crippen molar-refractivity contribution in [3.8, 4) is 0 Å². The first-order valence-corrected chi connectivity index (χ1v) is 8.83. The lowest BCUT2D eigenvalue weighted by molar-refractivity contribution is 0.215. The molecule has 136 valence electrons. The van der Waals surface area contributed by atoms with Gasteiger partial charge in [-0.25, -0.2) is 9.78 Å². The van der Waals surface area contributed by atoms with Crippen molar-refractivity contribution in [1.29, 1.82) is 0 Å². The van der Waals surface area contributed by atoms with Gasteiger partial charge in [-0.05, 0) is 36.2 Å². The smallest absolute Gasteiger partial charge is 0.315 e. The molecule has 1 unspecified atom stereocenters. The Kier molecular flexibility index (Phi) is 5.98. The van der Waals surface area contributed by atoms with E-state index in [4.69, 9.17) is 23.2 Å². The number of fused-ring (bicyclic) bond motifs is 1. The highest BCUT2D eigenvalue weighted by Gasteiger charge is 2.14. The van der Waals surface area contributed by atoms with Crippen molar-refractivity contribution in [2.45, 2.75) is 19.0 Å². The summed E-state index contributed by atoms with van der Waals surface area (Å²) in [6, 6.07) is 11.9. The highest BCUT2D eigenvalue weighted by atomic mass is 35.5. The van der Waals surface area contributed by atoms with Crippen LogP contribution in [-0.2, 0) is 13.0 Å². The number of urea groups is 1. The Morgan fingerprint density at radius 3 is 2.77 bits per heavy atom. The van der Waals surface area contributed by atoms with Crippen molar-refractivity contribution < 1.29 is 9.90 Å². The van der Waals surface area contributed by atoms with Gasteiger partial charge in [0.15, 0.2) is 0 Å². The molecule has 1 heterocycles. The third kappa shape index (κ3) is 4.66. The normalized spacial score (nSPS) is 12.1. The van der Waals surface area contributed by atoms with Crippen LogP contribution in [0.5, 0.6) is 0 Å². The number of aliphatic hydroxyl groups is 1. The van der Waals surface area contributed by atoms with Crippen LogP contribution < -0.4 is 10.6 Å². The molecule has 2 amide bonds. The lowest BCUT2D eigenvalue weighted by Crippen LogP contribution is -2.44. The Morgan fingerprint density at radius 2 is 2.04 bits per heavy atom. The first-order valence-electron chi connectivity index (χ1n) is 8.08. The van der Waals surface area contributed by atoms with Crippen LogP contribution in [0.4, 0.5) is 4.79 Å². The maximum absolute atomic E-state index is 12.1. The number of aliphatic hydroxyl groups excluding tert-OH is 1. The number of halogens is 2. The van der Waals surface area contributed by atoms with Gasteiger partial charge in [0.2, 0.25) is 0 Å². The number of H-pyrrole nitrogens is 1. The molecule has 0 saturated carbocycles. The second-order valence-corrected chi connectivity index (χ2v) is 6.69. The number of benzene rings is 2. The van der Waals surface area contributed by atoms with Gasteiger partial charge in [0.05, 0.1) is 30.2 Å². The largest absolute Gasteiger partial charge is 0.394 e. The molecule has 4 N–H and O–H groups in total. The van der Waals surface area contributed by atoms with Gasteiger partial charge in [-0.15, -0.1) is 0 Å². The minimum atomic E-state index is -0.468. The second kappa shape index (κ2) is 8.40. The molecule has 0 spiro atoms. The number of nitrogens with zero attached hydrogens (tertiary/aromatic N) is 1. The Bertz CT molecular complexity index is 880. The predicted molar refractivity (Wildman–Crippen MR) is 103 cm³/mol. The molecule has 0 aliphatic heterocycles. The van der Waals surface area contributed by atoms with Crippen LogP contribution in [0, 0.1) is 0 Å². The molecule has 0 aliphatic rings. The molecule has 8 heteroatoms. The van der Waals surface area contributed by atoms with Crippen LogP contribution in [0.3, 0.4) is 0 Å². The van der Waals surface area contributed by atoms with Crippen molar-refractivity contribution in [2.24, 2.45) is 0 Å². The molecule has 2 aromatic carbocycles. The molecule has 1 atom stereocenters. The Hall–Kier alpha value is -2.28. The van der Waals surface area contributed by atoms with E-state index in [0.29, 0.717) is 22.3 Å². The molecular formula is C18H18Cl2N4O2. The highest BCUT2D eigenvalue weighted by Crippen LogP contribution is 2.22. The van der Waals surface area contributed by atoms with Crippen molar-refractivity contribution in [1.82, 2.24) is 20.6 Å². The van der Waals surface area contributed by atoms with E-state index in [1.807, 2.05) is 24.3 Å². The van der Waals surface area contributed by atoms with Gasteiger partial charge in [0.1, 0.15) is 5.82 Å². The summed E-state index contributed by atoms with van der Waals surface area (Å²) >= 11 is 12.0. The number of hydrogen-bond acceptors (Lipinski definition) is 3. The van der Waals surface area contributed by atoms with Gasteiger partial charge < -0.3 is 20.7 Å². The average molecular weight is 393 g/mol. The SMILES string of the molecule is O=C(NCc1nc2ccccc2[nH]1)NC(CO)Cc1ccc(Cl)cc1Cl. The molecule has 0 fully saturated rings. The van der Waals surface area contributed by atoms with Gasteiger partial charge in [-0.2, -0.15) is 0 Å². The molecule has 0 radical (unpaired) electrons. The molecule has 6 nitrogen and oxygen atoms in total. The van der Waals surface area contributed by atoms with Crippen molar-refractivity contribution in [3.05, 3.63) is 63.9 Å². The van der Waals surface area contributed by atoms with Crippen molar-refractivity contribution in [3.63, 3.8) is 0 Å². The summed E-state index contributed by atoms with van der Waals surface area (Å²) in [5, 5.41) is 16.0. The minimum Gasteiger partial charge on any atom is -0.394 e. The highest BCUT2D eigenvalue weighted by molar-refractivity contribution is 6.35. The van der Waals surface area contributed by atoms with E-state index in [2.05, 4.69) is 20.6 Å². The van der Waals surface area contributed by atoms with Crippen molar-refractivity contribution >= 4 is 40.3 Å². The number of aromatic nitrogens is 2. The number of hydrogen-bond donors (Lipinski definition) is 4. The van der Waals surface area contributed by atoms with E-state index in [9.17, 15) is 9.90 Å². The topological polar surface area (TPSA) is 90.0 Å². The molecule has 0 aliphatic carbocycles. The molecule has 3 aromatic rings. The molecular weight excluding hydrogens is 375 g/mol. The molecule has 1 aromatic heterocycles. The van der Waals surface area contributed by atoms with Gasteiger partial charge >= 0.3 is 6.03 Å². The number of aromatic amines is 1. The fourth-order valence-electron chi connectivity index (χ4n) is 2.60. The third-order valence-electron chi connectivity index (χ3n) is 3.89. The van der Waals surface area contributed by atoms with Crippen LogP contribution in [0.2, 0.25) is 10.0 Å². The van der Waals surface area contributed by atoms with Crippen LogP contribution in [0.25, 0.3) is 11.0 Å². The Labute approximate surface area is 160 Å². The maximum atomic E-state index is 12.1. The molecule has 26 heavy (non-hydrogen) atoms. The van der Waals surface area contributed by atoms with E-state index in [1.165, 1.54) is 0 Å². The van der Waals surface area contributed by atoms with E-state index in [1.54, 1.807) is 18.2 Å². The average Bonchev–Trinajstić information content (AvgIpc) is 3.04. The molecule has 0 saturated heterocycles. The van der Waals surface area contributed by atoms with E-state index in [-0.39, 0.29) is 13.2 Å². The van der Waals surface area contributed by atoms with E-state index >= 15 is 0 Å². The number of para-hydroxylation sites is 2. The number of carbonyl (C=O) groups excluding carboxylic acids is 1. The summed E-state index contributed by atoms with van der Waals surface area (Å²) in [5.74, 6) is 0.655. The zero-order valence-electron chi connectivity index (χ0n) is 13.8. The minimum absolute atomic E-state index is 0.211. The lowest BCUT2D eigenvalue weighted by Gasteiger charge is -2.17. The standard InChI is InChI=1S/C18H18Cl2N4O2/c19-12-6-5-11(14(20)8-12)7-13(10-25)22-18(26)21-9-17-23-15-3-1-2-4-16(15)24-17/h1-6,8,13,25H,7,9-10H2,(H,23,24)(H2,21,22,26). The fourth-order valence-corrected chi connectivity index (χ4v) is 3.09.